The smallest absolute Gasteiger partial charge is 0.335 e. The maximum atomic E-state index is 11.2. The summed E-state index contributed by atoms with van der Waals surface area (Å²) in [6.07, 6.45) is 0.169. The van der Waals surface area contributed by atoms with E-state index in [0.717, 1.165) is 0 Å². The van der Waals surface area contributed by atoms with Crippen LogP contribution in [0.1, 0.15) is 21.5 Å². The molecule has 0 aromatic heterocycles. The molecule has 0 aliphatic carbocycles. The third-order valence-electron chi connectivity index (χ3n) is 3.12. The molecular formula is C15H13NO5. The summed E-state index contributed by atoms with van der Waals surface area (Å²) in [5, 5.41) is 20.3. The fourth-order valence-corrected chi connectivity index (χ4v) is 2.08. The number of nitro benzene ring substituents is 1. The number of ether oxygens (including phenoxy) is 1. The molecule has 0 amide bonds. The van der Waals surface area contributed by atoms with Gasteiger partial charge in [0.15, 0.2) is 0 Å². The highest BCUT2D eigenvalue weighted by Gasteiger charge is 2.18. The summed E-state index contributed by atoms with van der Waals surface area (Å²) < 4.78 is 4.97. The molecule has 2 rings (SSSR count). The molecule has 0 unspecified atom stereocenters. The van der Waals surface area contributed by atoms with E-state index in [-0.39, 0.29) is 17.7 Å². The van der Waals surface area contributed by atoms with E-state index >= 15 is 0 Å². The van der Waals surface area contributed by atoms with E-state index in [1.165, 1.54) is 19.2 Å². The topological polar surface area (TPSA) is 89.7 Å². The minimum atomic E-state index is -1.05. The zero-order valence-electron chi connectivity index (χ0n) is 11.3. The van der Waals surface area contributed by atoms with E-state index in [2.05, 4.69) is 0 Å². The first kappa shape index (κ1) is 14.5. The number of nitro groups is 1. The lowest BCUT2D eigenvalue weighted by Crippen LogP contribution is -2.04. The molecule has 0 aliphatic heterocycles. The molecule has 0 fully saturated rings. The van der Waals surface area contributed by atoms with Crippen LogP contribution in [-0.2, 0) is 6.42 Å². The average Bonchev–Trinajstić information content (AvgIpc) is 2.47. The summed E-state index contributed by atoms with van der Waals surface area (Å²) >= 11 is 0. The van der Waals surface area contributed by atoms with Gasteiger partial charge < -0.3 is 9.84 Å². The van der Waals surface area contributed by atoms with Crippen LogP contribution in [0.2, 0.25) is 0 Å². The van der Waals surface area contributed by atoms with Crippen molar-refractivity contribution in [3.8, 4) is 5.75 Å². The number of rotatable bonds is 5. The monoisotopic (exact) mass is 287 g/mol. The Morgan fingerprint density at radius 2 is 1.95 bits per heavy atom. The van der Waals surface area contributed by atoms with E-state index in [1.807, 2.05) is 0 Å². The SMILES string of the molecule is COc1ccc(Cc2ccccc2C(=O)O)c([N+](=O)[O-])c1. The zero-order valence-corrected chi connectivity index (χ0v) is 11.3. The number of carboxylic acids is 1. The summed E-state index contributed by atoms with van der Waals surface area (Å²) in [5.41, 5.74) is 1.02. The quantitative estimate of drug-likeness (QED) is 0.674. The van der Waals surface area contributed by atoms with E-state index in [0.29, 0.717) is 16.9 Å². The van der Waals surface area contributed by atoms with E-state index in [4.69, 9.17) is 9.84 Å². The molecule has 0 aliphatic rings. The van der Waals surface area contributed by atoms with Gasteiger partial charge in [0.1, 0.15) is 5.75 Å². The molecule has 0 bridgehead atoms. The Kier molecular flexibility index (Phi) is 4.18. The molecule has 108 valence electrons. The number of carbonyl (C=O) groups is 1. The maximum absolute atomic E-state index is 11.2. The van der Waals surface area contributed by atoms with E-state index in [1.54, 1.807) is 30.3 Å². The van der Waals surface area contributed by atoms with Gasteiger partial charge in [-0.1, -0.05) is 18.2 Å². The van der Waals surface area contributed by atoms with Crippen molar-refractivity contribution in [2.45, 2.75) is 6.42 Å². The third kappa shape index (κ3) is 3.17. The first-order valence-electron chi connectivity index (χ1n) is 6.15. The molecule has 0 spiro atoms. The number of nitrogens with zero attached hydrogens (tertiary/aromatic N) is 1. The lowest BCUT2D eigenvalue weighted by atomic mass is 9.98. The Hall–Kier alpha value is -2.89. The van der Waals surface area contributed by atoms with Crippen molar-refractivity contribution in [2.75, 3.05) is 7.11 Å². The molecule has 2 aromatic rings. The first-order chi connectivity index (χ1) is 10.0. The van der Waals surface area contributed by atoms with Gasteiger partial charge >= 0.3 is 5.97 Å². The highest BCUT2D eigenvalue weighted by molar-refractivity contribution is 5.89. The molecule has 0 atom stereocenters. The summed E-state index contributed by atoms with van der Waals surface area (Å²) in [6, 6.07) is 11.0. The van der Waals surface area contributed by atoms with Crippen LogP contribution < -0.4 is 4.74 Å². The van der Waals surface area contributed by atoms with Crippen molar-refractivity contribution in [2.24, 2.45) is 0 Å². The summed E-state index contributed by atoms with van der Waals surface area (Å²) in [4.78, 5) is 21.8. The largest absolute Gasteiger partial charge is 0.497 e. The Bertz CT molecular complexity index is 696. The second kappa shape index (κ2) is 6.04. The number of aromatic carboxylic acids is 1. The lowest BCUT2D eigenvalue weighted by Gasteiger charge is -2.08. The second-order valence-electron chi connectivity index (χ2n) is 4.39. The van der Waals surface area contributed by atoms with Gasteiger partial charge in [0, 0.05) is 12.0 Å². The van der Waals surface area contributed by atoms with Crippen LogP contribution in [0.5, 0.6) is 5.75 Å². The lowest BCUT2D eigenvalue weighted by molar-refractivity contribution is -0.385. The molecule has 0 radical (unpaired) electrons. The highest BCUT2D eigenvalue weighted by Crippen LogP contribution is 2.27. The van der Waals surface area contributed by atoms with Crippen LogP contribution >= 0.6 is 0 Å². The molecule has 0 heterocycles. The fraction of sp³-hybridized carbons (Fsp3) is 0.133. The number of benzene rings is 2. The van der Waals surface area contributed by atoms with Crippen LogP contribution in [0.25, 0.3) is 0 Å². The molecule has 1 N–H and O–H groups in total. The maximum Gasteiger partial charge on any atom is 0.335 e. The minimum Gasteiger partial charge on any atom is -0.497 e. The average molecular weight is 287 g/mol. The number of carboxylic acid groups (broad SMARTS) is 1. The van der Waals surface area contributed by atoms with E-state index in [9.17, 15) is 14.9 Å². The van der Waals surface area contributed by atoms with Crippen molar-refractivity contribution in [3.05, 3.63) is 69.3 Å². The predicted octanol–water partition coefficient (Wildman–Crippen LogP) is 2.89. The van der Waals surface area contributed by atoms with Crippen molar-refractivity contribution in [1.29, 1.82) is 0 Å². The number of methoxy groups -OCH3 is 1. The predicted molar refractivity (Wildman–Crippen MR) is 75.9 cm³/mol. The second-order valence-corrected chi connectivity index (χ2v) is 4.39. The molecule has 2 aromatic carbocycles. The Morgan fingerprint density at radius 3 is 2.57 bits per heavy atom. The molecule has 6 heteroatoms. The minimum absolute atomic E-state index is 0.0884. The first-order valence-corrected chi connectivity index (χ1v) is 6.15. The molecule has 0 saturated carbocycles. The van der Waals surface area contributed by atoms with Crippen LogP contribution in [0, 0.1) is 10.1 Å². The molecule has 6 nitrogen and oxygen atoms in total. The highest BCUT2D eigenvalue weighted by atomic mass is 16.6. The van der Waals surface area contributed by atoms with Gasteiger partial charge in [-0.15, -0.1) is 0 Å². The van der Waals surface area contributed by atoms with Gasteiger partial charge in [-0.25, -0.2) is 4.79 Å². The third-order valence-corrected chi connectivity index (χ3v) is 3.12. The van der Waals surface area contributed by atoms with Crippen molar-refractivity contribution < 1.29 is 19.6 Å². The van der Waals surface area contributed by atoms with Gasteiger partial charge in [-0.2, -0.15) is 0 Å². The normalized spacial score (nSPS) is 10.1. The van der Waals surface area contributed by atoms with Crippen molar-refractivity contribution in [3.63, 3.8) is 0 Å². The number of hydrogen-bond acceptors (Lipinski definition) is 4. The van der Waals surface area contributed by atoms with Gasteiger partial charge in [0.25, 0.3) is 5.69 Å². The summed E-state index contributed by atoms with van der Waals surface area (Å²) in [5.74, 6) is -0.668. The van der Waals surface area contributed by atoms with E-state index < -0.39 is 10.9 Å². The van der Waals surface area contributed by atoms with Crippen LogP contribution in [-0.4, -0.2) is 23.1 Å². The zero-order chi connectivity index (χ0) is 15.4. The van der Waals surface area contributed by atoms with Crippen LogP contribution in [0.3, 0.4) is 0 Å². The number of hydrogen-bond donors (Lipinski definition) is 1. The van der Waals surface area contributed by atoms with Crippen LogP contribution in [0.4, 0.5) is 5.69 Å². The fourth-order valence-electron chi connectivity index (χ4n) is 2.08. The standard InChI is InChI=1S/C15H13NO5/c1-21-12-7-6-11(14(9-12)16(19)20)8-10-4-2-3-5-13(10)15(17)18/h2-7,9H,8H2,1H3,(H,17,18). The molecule has 0 saturated heterocycles. The Labute approximate surface area is 120 Å². The van der Waals surface area contributed by atoms with Crippen molar-refractivity contribution >= 4 is 11.7 Å². The van der Waals surface area contributed by atoms with Gasteiger partial charge in [0.2, 0.25) is 0 Å². The van der Waals surface area contributed by atoms with Crippen LogP contribution in [0.15, 0.2) is 42.5 Å². The Morgan fingerprint density at radius 1 is 1.24 bits per heavy atom. The van der Waals surface area contributed by atoms with Gasteiger partial charge in [-0.3, -0.25) is 10.1 Å². The molecular weight excluding hydrogens is 274 g/mol. The summed E-state index contributed by atoms with van der Waals surface area (Å²) in [6.45, 7) is 0. The van der Waals surface area contributed by atoms with Gasteiger partial charge in [-0.05, 0) is 23.8 Å². The summed E-state index contributed by atoms with van der Waals surface area (Å²) in [7, 11) is 1.43. The van der Waals surface area contributed by atoms with Crippen molar-refractivity contribution in [1.82, 2.24) is 0 Å². The molecule has 21 heavy (non-hydrogen) atoms. The van der Waals surface area contributed by atoms with Gasteiger partial charge in [0.05, 0.1) is 23.7 Å². The Balaban J connectivity index is 2.45.